The molecule has 0 aliphatic rings. The smallest absolute Gasteiger partial charge is 0.778 e. The Morgan fingerprint density at radius 1 is 0.250 bits per heavy atom. The number of hydrogen-bond donors (Lipinski definition) is 0. The summed E-state index contributed by atoms with van der Waals surface area (Å²) in [7, 11) is 0. The molecule has 0 aliphatic heterocycles. The summed E-state index contributed by atoms with van der Waals surface area (Å²) in [5.41, 5.74) is 23.3. The zero-order valence-corrected chi connectivity index (χ0v) is 54.0. The molecule has 0 heterocycles. The fraction of sp³-hybridized carbons (Fsp3) is 0.188. The summed E-state index contributed by atoms with van der Waals surface area (Å²) in [5.74, 6) is 0. The Kier molecular flexibility index (Phi) is 32.4. The Bertz CT molecular complexity index is 2770. The molecular formula is C64H64Ag4N4S4. The van der Waals surface area contributed by atoms with Gasteiger partial charge in [-0.05, 0) is 174 Å². The second-order valence-corrected chi connectivity index (χ2v) is 19.9. The van der Waals surface area contributed by atoms with Gasteiger partial charge in [-0.1, -0.05) is 144 Å². The molecule has 0 radical (unpaired) electrons. The van der Waals surface area contributed by atoms with E-state index in [1.807, 2.05) is 122 Å². The first-order valence-corrected chi connectivity index (χ1v) is 25.5. The van der Waals surface area contributed by atoms with E-state index in [0.717, 1.165) is 42.3 Å². The molecular weight excluding hydrogens is 1380 g/mol. The maximum absolute atomic E-state index is 5.24. The van der Waals surface area contributed by atoms with E-state index in [1.165, 1.54) is 89.0 Å². The van der Waals surface area contributed by atoms with E-state index in [4.69, 9.17) is 50.5 Å². The summed E-state index contributed by atoms with van der Waals surface area (Å²) in [4.78, 5) is 21.1. The molecule has 8 rings (SSSR count). The predicted molar refractivity (Wildman–Crippen MR) is 320 cm³/mol. The molecule has 0 N–H and O–H groups in total. The van der Waals surface area contributed by atoms with Gasteiger partial charge in [0, 0.05) is 47.6 Å². The minimum absolute atomic E-state index is 0. The van der Waals surface area contributed by atoms with E-state index in [9.17, 15) is 0 Å². The monoisotopic (exact) mass is 1440 g/mol. The van der Waals surface area contributed by atoms with Crippen molar-refractivity contribution in [2.45, 2.75) is 103 Å². The fourth-order valence-electron chi connectivity index (χ4n) is 8.37. The van der Waals surface area contributed by atoms with Crippen molar-refractivity contribution in [2.24, 2.45) is 20.0 Å². The maximum atomic E-state index is 5.24. The number of benzene rings is 8. The van der Waals surface area contributed by atoms with Crippen LogP contribution >= 0.6 is 0 Å². The Labute approximate surface area is 538 Å². The molecule has 408 valence electrons. The Balaban J connectivity index is 0.000000498. The Morgan fingerprint density at radius 3 is 0.539 bits per heavy atom. The number of rotatable bonds is 8. The summed E-state index contributed by atoms with van der Waals surface area (Å²) < 4.78 is 0. The summed E-state index contributed by atoms with van der Waals surface area (Å²) in [5, 5.41) is 0. The molecule has 4 nitrogen and oxygen atoms in total. The number of hydrogen-bond acceptors (Lipinski definition) is 8. The van der Waals surface area contributed by atoms with Gasteiger partial charge in [-0.15, -0.1) is 19.6 Å². The van der Waals surface area contributed by atoms with E-state index in [2.05, 4.69) is 152 Å². The van der Waals surface area contributed by atoms with Crippen molar-refractivity contribution in [1.29, 1.82) is 0 Å². The van der Waals surface area contributed by atoms with Crippen molar-refractivity contribution in [2.75, 3.05) is 0 Å². The van der Waals surface area contributed by atoms with Crippen LogP contribution in [0.15, 0.2) is 185 Å². The molecule has 0 unspecified atom stereocenters. The van der Waals surface area contributed by atoms with Crippen LogP contribution in [-0.2, 0) is 140 Å². The Hall–Kier alpha value is -3.72. The van der Waals surface area contributed by atoms with E-state index in [0.29, 0.717) is 0 Å². The zero-order valence-electron chi connectivity index (χ0n) is 44.8. The maximum Gasteiger partial charge on any atom is 1.00 e. The zero-order chi connectivity index (χ0) is 52.5. The van der Waals surface area contributed by atoms with Crippen LogP contribution in [0.4, 0.5) is 22.7 Å². The first kappa shape index (κ1) is 70.3. The average molecular weight is 1450 g/mol. The quantitative estimate of drug-likeness (QED) is 0.0864. The number of nitrogens with zero attached hydrogens (tertiary/aromatic N) is 4. The van der Waals surface area contributed by atoms with Gasteiger partial charge in [0.1, 0.15) is 0 Å². The van der Waals surface area contributed by atoms with Crippen LogP contribution in [0.1, 0.15) is 89.0 Å². The first-order valence-electron chi connectivity index (χ1n) is 23.8. The molecule has 0 amide bonds. The van der Waals surface area contributed by atoms with Crippen LogP contribution in [0.2, 0.25) is 0 Å². The molecule has 0 saturated heterocycles. The van der Waals surface area contributed by atoms with Gasteiger partial charge >= 0.3 is 89.5 Å². The van der Waals surface area contributed by atoms with Crippen LogP contribution in [0.3, 0.4) is 0 Å². The molecule has 8 aromatic carbocycles. The molecule has 76 heavy (non-hydrogen) atoms. The molecule has 8 aromatic rings. The second-order valence-electron chi connectivity index (χ2n) is 18.2. The molecule has 0 spiro atoms. The van der Waals surface area contributed by atoms with Crippen molar-refractivity contribution in [1.82, 2.24) is 0 Å². The summed E-state index contributed by atoms with van der Waals surface area (Å²) in [6.07, 6.45) is 7.65. The van der Waals surface area contributed by atoms with E-state index in [1.54, 1.807) is 0 Å². The third kappa shape index (κ3) is 21.8. The van der Waals surface area contributed by atoms with Crippen LogP contribution < -0.4 is 0 Å². The van der Waals surface area contributed by atoms with Crippen molar-refractivity contribution < 1.29 is 89.5 Å². The van der Waals surface area contributed by atoms with E-state index >= 15 is 0 Å². The van der Waals surface area contributed by atoms with Gasteiger partial charge in [0.05, 0.1) is 0 Å². The third-order valence-electron chi connectivity index (χ3n) is 11.7. The van der Waals surface area contributed by atoms with Crippen LogP contribution in [0.25, 0.3) is 0 Å². The van der Waals surface area contributed by atoms with Crippen molar-refractivity contribution in [3.8, 4) is 0 Å². The minimum Gasteiger partial charge on any atom is -0.778 e. The molecule has 0 atom stereocenters. The van der Waals surface area contributed by atoms with Crippen LogP contribution in [0, 0.1) is 83.1 Å². The van der Waals surface area contributed by atoms with Gasteiger partial charge in [0.25, 0.3) is 0 Å². The number of aryl methyl sites for hydroxylation is 12. The summed E-state index contributed by atoms with van der Waals surface area (Å²) >= 11 is 21.0. The normalized spacial score (nSPS) is 10.5. The van der Waals surface area contributed by atoms with Gasteiger partial charge in [-0.2, -0.15) is 0 Å². The number of para-hydroxylation sites is 4. The van der Waals surface area contributed by atoms with Crippen molar-refractivity contribution in [3.63, 3.8) is 0 Å². The second kappa shape index (κ2) is 35.0. The third-order valence-corrected chi connectivity index (χ3v) is 13.1. The molecule has 0 aliphatic carbocycles. The largest absolute Gasteiger partial charge is 1.00 e. The number of aliphatic imine (C=N–C) groups is 4. The summed E-state index contributed by atoms with van der Waals surface area (Å²) in [6, 6.07) is 48.3. The van der Waals surface area contributed by atoms with E-state index < -0.39 is 0 Å². The van der Waals surface area contributed by atoms with Gasteiger partial charge in [-0.25, -0.2) is 0 Å². The van der Waals surface area contributed by atoms with Crippen LogP contribution in [-0.4, -0.2) is 24.9 Å². The SMILES string of the molecule is Cc1cc(C)c(C=Nc2ccccc2[S-])c(C)c1.Cc1cc(C)c(C=Nc2ccccc2[S-])c(C)c1.Cc1cc(C)c(C=Nc2ccccc2[S-])c(C)c1.Cc1cc(C)c(C=Nc2ccccc2[S-])c(C)c1.[Ag+].[Ag+].[Ag+].[Ag+]. The topological polar surface area (TPSA) is 49.4 Å². The first-order chi connectivity index (χ1) is 34.3. The molecule has 12 heteroatoms. The van der Waals surface area contributed by atoms with E-state index in [-0.39, 0.29) is 89.5 Å². The van der Waals surface area contributed by atoms with Crippen LogP contribution in [0.5, 0.6) is 0 Å². The van der Waals surface area contributed by atoms with Crippen molar-refractivity contribution in [3.05, 3.63) is 235 Å². The van der Waals surface area contributed by atoms with Gasteiger partial charge in [0.15, 0.2) is 0 Å². The van der Waals surface area contributed by atoms with Gasteiger partial charge < -0.3 is 50.5 Å². The minimum atomic E-state index is 0. The van der Waals surface area contributed by atoms with Gasteiger partial charge in [-0.3, -0.25) is 20.0 Å². The summed E-state index contributed by atoms with van der Waals surface area (Å²) in [6.45, 7) is 25.3. The molecule has 0 bridgehead atoms. The fourth-order valence-corrected chi connectivity index (χ4v) is 9.17. The van der Waals surface area contributed by atoms with Gasteiger partial charge in [0.2, 0.25) is 0 Å². The predicted octanol–water partition coefficient (Wildman–Crippen LogP) is 17.1. The molecule has 0 aromatic heterocycles. The van der Waals surface area contributed by atoms with Crippen molar-refractivity contribution >= 4 is 98.1 Å². The molecule has 0 fully saturated rings. The standard InChI is InChI=1S/4C16H17NS.4Ag/c4*1-11-8-12(2)14(13(3)9-11)10-17-15-6-4-5-7-16(15)18;;;;/h4*4-10,18H,1-3H3;;;;/q;;;;4*+1/p-4. The molecule has 0 saturated carbocycles. The average Bonchev–Trinajstić information content (AvgIpc) is 3.30. The Morgan fingerprint density at radius 2 is 0.395 bits per heavy atom.